The Hall–Kier alpha value is -2.06. The van der Waals surface area contributed by atoms with Crippen molar-refractivity contribution in [3.8, 4) is 11.1 Å². The summed E-state index contributed by atoms with van der Waals surface area (Å²) in [4.78, 5) is 0. The fourth-order valence-corrected chi connectivity index (χ4v) is 2.53. The maximum absolute atomic E-state index is 5.96. The van der Waals surface area contributed by atoms with Gasteiger partial charge in [-0.3, -0.25) is 0 Å². The highest BCUT2D eigenvalue weighted by Gasteiger charge is 2.10. The number of fused-ring (bicyclic) bond motifs is 1. The van der Waals surface area contributed by atoms with Gasteiger partial charge in [0.2, 0.25) is 0 Å². The van der Waals surface area contributed by atoms with Crippen molar-refractivity contribution in [3.63, 3.8) is 0 Å². The Labute approximate surface area is 113 Å². The highest BCUT2D eigenvalue weighted by molar-refractivity contribution is 5.96. The Morgan fingerprint density at radius 3 is 2.47 bits per heavy atom. The molecule has 2 nitrogen and oxygen atoms in total. The summed E-state index contributed by atoms with van der Waals surface area (Å²) in [6.07, 6.45) is 2.19. The normalized spacial score (nSPS) is 12.8. The van der Waals surface area contributed by atoms with Crippen LogP contribution in [0.4, 0.5) is 0 Å². The van der Waals surface area contributed by atoms with Gasteiger partial charge in [-0.2, -0.15) is 0 Å². The molecule has 3 rings (SSSR count). The third kappa shape index (κ3) is 2.04. The van der Waals surface area contributed by atoms with Gasteiger partial charge in [0.05, 0.1) is 0 Å². The Morgan fingerprint density at radius 1 is 1.05 bits per heavy atom. The quantitative estimate of drug-likeness (QED) is 0.735. The molecule has 0 radical (unpaired) electrons. The molecule has 19 heavy (non-hydrogen) atoms. The average molecular weight is 250 g/mol. The molecule has 1 atom stereocenters. The fourth-order valence-electron chi connectivity index (χ4n) is 2.53. The molecule has 0 bridgehead atoms. The van der Waals surface area contributed by atoms with Crippen LogP contribution in [0.3, 0.4) is 0 Å². The van der Waals surface area contributed by atoms with Gasteiger partial charge in [0.25, 0.3) is 0 Å². The summed E-state index contributed by atoms with van der Waals surface area (Å²) < 4.78 is 2.17. The zero-order valence-electron chi connectivity index (χ0n) is 11.3. The average Bonchev–Trinajstić information content (AvgIpc) is 2.77. The van der Waals surface area contributed by atoms with E-state index in [-0.39, 0.29) is 6.04 Å². The van der Waals surface area contributed by atoms with Crippen molar-refractivity contribution in [2.45, 2.75) is 13.0 Å². The van der Waals surface area contributed by atoms with Gasteiger partial charge in [0.1, 0.15) is 0 Å². The van der Waals surface area contributed by atoms with E-state index in [1.807, 2.05) is 13.0 Å². The highest BCUT2D eigenvalue weighted by Crippen LogP contribution is 2.31. The summed E-state index contributed by atoms with van der Waals surface area (Å²) in [7, 11) is 2.08. The van der Waals surface area contributed by atoms with Crippen molar-refractivity contribution in [1.29, 1.82) is 0 Å². The van der Waals surface area contributed by atoms with E-state index in [4.69, 9.17) is 5.73 Å². The predicted molar refractivity (Wildman–Crippen MR) is 81.0 cm³/mol. The lowest BCUT2D eigenvalue weighted by molar-refractivity contribution is 0.818. The lowest BCUT2D eigenvalue weighted by Gasteiger charge is -2.06. The Morgan fingerprint density at radius 2 is 1.79 bits per heavy atom. The van der Waals surface area contributed by atoms with Crippen LogP contribution in [0, 0.1) is 0 Å². The van der Waals surface area contributed by atoms with E-state index in [0.717, 1.165) is 0 Å². The van der Waals surface area contributed by atoms with Gasteiger partial charge in [0.15, 0.2) is 0 Å². The number of nitrogens with zero attached hydrogens (tertiary/aromatic N) is 1. The number of nitrogens with two attached hydrogens (primary N) is 1. The summed E-state index contributed by atoms with van der Waals surface area (Å²) in [5.41, 5.74) is 10.9. The summed E-state index contributed by atoms with van der Waals surface area (Å²) in [5.74, 6) is 0. The van der Waals surface area contributed by atoms with Crippen molar-refractivity contribution in [2.24, 2.45) is 12.8 Å². The van der Waals surface area contributed by atoms with E-state index < -0.39 is 0 Å². The summed E-state index contributed by atoms with van der Waals surface area (Å²) in [6.45, 7) is 2.02. The molecule has 0 saturated heterocycles. The van der Waals surface area contributed by atoms with E-state index in [1.165, 1.54) is 27.6 Å². The Bertz CT molecular complexity index is 709. The fraction of sp³-hybridized carbons (Fsp3) is 0.176. The molecule has 0 aliphatic rings. The lowest BCUT2D eigenvalue weighted by Crippen LogP contribution is -2.04. The van der Waals surface area contributed by atoms with Crippen molar-refractivity contribution < 1.29 is 0 Å². The van der Waals surface area contributed by atoms with Crippen molar-refractivity contribution in [1.82, 2.24) is 4.57 Å². The van der Waals surface area contributed by atoms with Crippen LogP contribution >= 0.6 is 0 Å². The molecule has 0 unspecified atom stereocenters. The summed E-state index contributed by atoms with van der Waals surface area (Å²) in [6, 6.07) is 17.0. The summed E-state index contributed by atoms with van der Waals surface area (Å²) >= 11 is 0. The van der Waals surface area contributed by atoms with E-state index in [9.17, 15) is 0 Å². The Balaban J connectivity index is 2.23. The van der Waals surface area contributed by atoms with Crippen molar-refractivity contribution in [2.75, 3.05) is 0 Å². The van der Waals surface area contributed by atoms with Crippen LogP contribution in [0.25, 0.3) is 22.0 Å². The van der Waals surface area contributed by atoms with Gasteiger partial charge in [-0.05, 0) is 24.1 Å². The molecule has 0 amide bonds. The van der Waals surface area contributed by atoms with Gasteiger partial charge >= 0.3 is 0 Å². The van der Waals surface area contributed by atoms with E-state index in [1.54, 1.807) is 0 Å². The first-order valence-electron chi connectivity index (χ1n) is 6.57. The SMILES string of the molecule is C[C@H](N)c1ccc2c(-c3ccccc3)cn(C)c2c1. The van der Waals surface area contributed by atoms with Crippen LogP contribution in [0.5, 0.6) is 0 Å². The van der Waals surface area contributed by atoms with Crippen LogP contribution in [0.15, 0.2) is 54.7 Å². The molecule has 2 heteroatoms. The highest BCUT2D eigenvalue weighted by atomic mass is 14.9. The third-order valence-electron chi connectivity index (χ3n) is 3.63. The number of rotatable bonds is 2. The minimum absolute atomic E-state index is 0.0690. The Kier molecular flexibility index (Phi) is 2.88. The van der Waals surface area contributed by atoms with E-state index in [2.05, 4.69) is 60.3 Å². The minimum atomic E-state index is 0.0690. The zero-order valence-corrected chi connectivity index (χ0v) is 11.3. The molecule has 2 N–H and O–H groups in total. The van der Waals surface area contributed by atoms with Gasteiger partial charge in [-0.25, -0.2) is 0 Å². The second-order valence-electron chi connectivity index (χ2n) is 5.08. The second kappa shape index (κ2) is 4.56. The van der Waals surface area contributed by atoms with Crippen LogP contribution in [0.2, 0.25) is 0 Å². The van der Waals surface area contributed by atoms with Gasteiger partial charge in [-0.15, -0.1) is 0 Å². The number of hydrogen-bond donors (Lipinski definition) is 1. The molecule has 0 fully saturated rings. The first-order chi connectivity index (χ1) is 9.16. The van der Waals surface area contributed by atoms with E-state index in [0.29, 0.717) is 0 Å². The number of hydrogen-bond acceptors (Lipinski definition) is 1. The van der Waals surface area contributed by atoms with Gasteiger partial charge in [-0.1, -0.05) is 42.5 Å². The molecule has 0 aliphatic carbocycles. The molecule has 2 aromatic carbocycles. The maximum Gasteiger partial charge on any atom is 0.0487 e. The molecule has 3 aromatic rings. The third-order valence-corrected chi connectivity index (χ3v) is 3.63. The minimum Gasteiger partial charge on any atom is -0.350 e. The van der Waals surface area contributed by atoms with Crippen LogP contribution in [0.1, 0.15) is 18.5 Å². The molecular weight excluding hydrogens is 232 g/mol. The topological polar surface area (TPSA) is 30.9 Å². The molecular formula is C17H18N2. The van der Waals surface area contributed by atoms with E-state index >= 15 is 0 Å². The van der Waals surface area contributed by atoms with Gasteiger partial charge < -0.3 is 10.3 Å². The number of aromatic nitrogens is 1. The second-order valence-corrected chi connectivity index (χ2v) is 5.08. The van der Waals surface area contributed by atoms with Gasteiger partial charge in [0, 0.05) is 35.8 Å². The molecule has 0 spiro atoms. The van der Waals surface area contributed by atoms with Crippen LogP contribution < -0.4 is 5.73 Å². The monoisotopic (exact) mass is 250 g/mol. The lowest BCUT2D eigenvalue weighted by atomic mass is 10.0. The predicted octanol–water partition coefficient (Wildman–Crippen LogP) is 3.87. The summed E-state index contributed by atoms with van der Waals surface area (Å²) in [5, 5.41) is 1.28. The molecule has 0 aliphatic heterocycles. The largest absolute Gasteiger partial charge is 0.350 e. The molecule has 0 saturated carbocycles. The van der Waals surface area contributed by atoms with Crippen molar-refractivity contribution >= 4 is 10.9 Å². The first kappa shape index (κ1) is 12.0. The van der Waals surface area contributed by atoms with Crippen LogP contribution in [-0.2, 0) is 7.05 Å². The molecule has 1 aromatic heterocycles. The van der Waals surface area contributed by atoms with Crippen molar-refractivity contribution in [3.05, 3.63) is 60.3 Å². The number of aryl methyl sites for hydroxylation is 1. The standard InChI is InChI=1S/C17H18N2/c1-12(18)14-8-9-15-16(11-19(2)17(15)10-14)13-6-4-3-5-7-13/h3-12H,18H2,1-2H3/t12-/m0/s1. The molecule has 1 heterocycles. The maximum atomic E-state index is 5.96. The first-order valence-corrected chi connectivity index (χ1v) is 6.57. The number of benzene rings is 2. The zero-order chi connectivity index (χ0) is 13.4. The molecule has 96 valence electrons. The van der Waals surface area contributed by atoms with Crippen LogP contribution in [-0.4, -0.2) is 4.57 Å². The smallest absolute Gasteiger partial charge is 0.0487 e.